The minimum absolute atomic E-state index is 0.0556. The molecule has 1 aliphatic carbocycles. The van der Waals surface area contributed by atoms with Gasteiger partial charge in [-0.05, 0) is 18.4 Å². The summed E-state index contributed by atoms with van der Waals surface area (Å²) < 4.78 is 5.80. The van der Waals surface area contributed by atoms with Crippen LogP contribution < -0.4 is 0 Å². The van der Waals surface area contributed by atoms with Crippen LogP contribution in [0.3, 0.4) is 0 Å². The molecular weight excluding hydrogens is 278 g/mol. The summed E-state index contributed by atoms with van der Waals surface area (Å²) in [6.07, 6.45) is 4.94. The van der Waals surface area contributed by atoms with E-state index < -0.39 is 5.60 Å². The van der Waals surface area contributed by atoms with Crippen molar-refractivity contribution in [2.75, 3.05) is 19.7 Å². The van der Waals surface area contributed by atoms with E-state index in [1.807, 2.05) is 35.2 Å². The Labute approximate surface area is 132 Å². The van der Waals surface area contributed by atoms with Crippen molar-refractivity contribution in [3.05, 3.63) is 35.9 Å². The summed E-state index contributed by atoms with van der Waals surface area (Å²) in [5.41, 5.74) is 0.326. The van der Waals surface area contributed by atoms with Gasteiger partial charge < -0.3 is 14.7 Å². The summed E-state index contributed by atoms with van der Waals surface area (Å²) in [5, 5.41) is 10.6. The van der Waals surface area contributed by atoms with Crippen LogP contribution in [0.2, 0.25) is 0 Å². The van der Waals surface area contributed by atoms with Gasteiger partial charge in [-0.1, -0.05) is 49.6 Å². The van der Waals surface area contributed by atoms with Crippen molar-refractivity contribution in [3.63, 3.8) is 0 Å². The van der Waals surface area contributed by atoms with Gasteiger partial charge in [-0.3, -0.25) is 4.79 Å². The number of morpholine rings is 1. The quantitative estimate of drug-likeness (QED) is 0.934. The average Bonchev–Trinajstić information content (AvgIpc) is 2.56. The van der Waals surface area contributed by atoms with Crippen LogP contribution in [0.5, 0.6) is 0 Å². The zero-order valence-electron chi connectivity index (χ0n) is 13.0. The van der Waals surface area contributed by atoms with Crippen molar-refractivity contribution in [1.29, 1.82) is 0 Å². The Balaban J connectivity index is 1.60. The Morgan fingerprint density at radius 2 is 1.95 bits per heavy atom. The van der Waals surface area contributed by atoms with Crippen molar-refractivity contribution in [2.45, 2.75) is 50.2 Å². The lowest BCUT2D eigenvalue weighted by molar-refractivity contribution is -0.145. The Kier molecular flexibility index (Phi) is 4.79. The molecule has 22 heavy (non-hydrogen) atoms. The molecule has 0 bridgehead atoms. The number of amides is 1. The molecule has 4 nitrogen and oxygen atoms in total. The van der Waals surface area contributed by atoms with Crippen LogP contribution >= 0.6 is 0 Å². The van der Waals surface area contributed by atoms with Gasteiger partial charge in [0.05, 0.1) is 25.2 Å². The van der Waals surface area contributed by atoms with Crippen LogP contribution in [0.25, 0.3) is 0 Å². The first-order chi connectivity index (χ1) is 10.7. The third kappa shape index (κ3) is 3.68. The molecule has 1 amide bonds. The molecule has 4 heteroatoms. The lowest BCUT2D eigenvalue weighted by Gasteiger charge is -2.37. The Morgan fingerprint density at radius 1 is 1.23 bits per heavy atom. The third-order valence-corrected chi connectivity index (χ3v) is 4.86. The minimum Gasteiger partial charge on any atom is -0.389 e. The van der Waals surface area contributed by atoms with E-state index in [-0.39, 0.29) is 18.4 Å². The molecule has 0 spiro atoms. The standard InChI is InChI=1S/C18H25NO3/c20-17(13-18(21)9-5-2-6-10-18)19-11-12-22-16(14-19)15-7-3-1-4-8-15/h1,3-4,7-8,16,21H,2,5-6,9-14H2. The molecule has 1 saturated carbocycles. The number of hydrogen-bond donors (Lipinski definition) is 1. The monoisotopic (exact) mass is 303 g/mol. The van der Waals surface area contributed by atoms with Crippen LogP contribution in [0.1, 0.15) is 50.2 Å². The second-order valence-corrected chi connectivity index (χ2v) is 6.57. The first kappa shape index (κ1) is 15.5. The van der Waals surface area contributed by atoms with Crippen LogP contribution in [0, 0.1) is 0 Å². The van der Waals surface area contributed by atoms with E-state index in [9.17, 15) is 9.90 Å². The van der Waals surface area contributed by atoms with Crippen molar-refractivity contribution in [3.8, 4) is 0 Å². The van der Waals surface area contributed by atoms with Crippen LogP contribution in [0.4, 0.5) is 0 Å². The maximum absolute atomic E-state index is 12.6. The first-order valence-corrected chi connectivity index (χ1v) is 8.33. The molecule has 1 aromatic rings. The van der Waals surface area contributed by atoms with Gasteiger partial charge in [0.2, 0.25) is 5.91 Å². The smallest absolute Gasteiger partial charge is 0.225 e. The lowest BCUT2D eigenvalue weighted by atomic mass is 9.82. The molecule has 1 unspecified atom stereocenters. The minimum atomic E-state index is -0.782. The second-order valence-electron chi connectivity index (χ2n) is 6.57. The molecule has 1 aliphatic heterocycles. The van der Waals surface area contributed by atoms with Crippen molar-refractivity contribution in [1.82, 2.24) is 4.90 Å². The number of rotatable bonds is 3. The van der Waals surface area contributed by atoms with E-state index in [2.05, 4.69) is 0 Å². The number of aliphatic hydroxyl groups is 1. The van der Waals surface area contributed by atoms with Crippen molar-refractivity contribution < 1.29 is 14.6 Å². The number of ether oxygens (including phenoxy) is 1. The largest absolute Gasteiger partial charge is 0.389 e. The number of nitrogens with zero attached hydrogens (tertiary/aromatic N) is 1. The topological polar surface area (TPSA) is 49.8 Å². The van der Waals surface area contributed by atoms with E-state index in [4.69, 9.17) is 4.74 Å². The van der Waals surface area contributed by atoms with Crippen LogP contribution in [-0.4, -0.2) is 41.2 Å². The van der Waals surface area contributed by atoms with E-state index >= 15 is 0 Å². The van der Waals surface area contributed by atoms with Crippen molar-refractivity contribution >= 4 is 5.91 Å². The highest BCUT2D eigenvalue weighted by Crippen LogP contribution is 2.32. The molecule has 0 aromatic heterocycles. The van der Waals surface area contributed by atoms with E-state index in [0.29, 0.717) is 19.7 Å². The first-order valence-electron chi connectivity index (χ1n) is 8.33. The second kappa shape index (κ2) is 6.80. The van der Waals surface area contributed by atoms with Crippen LogP contribution in [0.15, 0.2) is 30.3 Å². The summed E-state index contributed by atoms with van der Waals surface area (Å²) in [6, 6.07) is 10.0. The van der Waals surface area contributed by atoms with E-state index in [1.54, 1.807) is 0 Å². The maximum atomic E-state index is 12.6. The summed E-state index contributed by atoms with van der Waals surface area (Å²) >= 11 is 0. The Bertz CT molecular complexity index is 496. The Hall–Kier alpha value is -1.39. The molecule has 2 aliphatic rings. The molecule has 1 atom stereocenters. The zero-order valence-corrected chi connectivity index (χ0v) is 13.0. The fourth-order valence-electron chi connectivity index (χ4n) is 3.53. The lowest BCUT2D eigenvalue weighted by Crippen LogP contribution is -2.46. The van der Waals surface area contributed by atoms with Gasteiger partial charge in [0.25, 0.3) is 0 Å². The van der Waals surface area contributed by atoms with Crippen LogP contribution in [-0.2, 0) is 9.53 Å². The van der Waals surface area contributed by atoms with Gasteiger partial charge >= 0.3 is 0 Å². The SMILES string of the molecule is O=C(CC1(O)CCCCC1)N1CCOC(c2ccccc2)C1. The van der Waals surface area contributed by atoms with Gasteiger partial charge in [0.1, 0.15) is 6.10 Å². The Morgan fingerprint density at radius 3 is 2.68 bits per heavy atom. The molecule has 0 radical (unpaired) electrons. The maximum Gasteiger partial charge on any atom is 0.225 e. The average molecular weight is 303 g/mol. The summed E-state index contributed by atoms with van der Waals surface area (Å²) in [7, 11) is 0. The predicted molar refractivity (Wildman–Crippen MR) is 84.4 cm³/mol. The highest BCUT2D eigenvalue weighted by molar-refractivity contribution is 5.77. The van der Waals surface area contributed by atoms with Crippen molar-refractivity contribution in [2.24, 2.45) is 0 Å². The summed E-state index contributed by atoms with van der Waals surface area (Å²) in [6.45, 7) is 1.76. The molecule has 1 saturated heterocycles. The molecule has 1 aromatic carbocycles. The predicted octanol–water partition coefficient (Wildman–Crippen LogP) is 2.67. The number of carbonyl (C=O) groups excluding carboxylic acids is 1. The number of benzene rings is 1. The molecule has 1 heterocycles. The molecule has 2 fully saturated rings. The highest BCUT2D eigenvalue weighted by atomic mass is 16.5. The molecular formula is C18H25NO3. The number of carbonyl (C=O) groups is 1. The molecule has 120 valence electrons. The molecule has 3 rings (SSSR count). The van der Waals surface area contributed by atoms with Gasteiger partial charge in [-0.25, -0.2) is 0 Å². The summed E-state index contributed by atoms with van der Waals surface area (Å²) in [5.74, 6) is 0.0635. The molecule has 1 N–H and O–H groups in total. The zero-order chi connectivity index (χ0) is 15.4. The fraction of sp³-hybridized carbons (Fsp3) is 0.611. The highest BCUT2D eigenvalue weighted by Gasteiger charge is 2.34. The van der Waals surface area contributed by atoms with Gasteiger partial charge in [-0.15, -0.1) is 0 Å². The fourth-order valence-corrected chi connectivity index (χ4v) is 3.53. The van der Waals surface area contributed by atoms with Gasteiger partial charge in [0, 0.05) is 6.54 Å². The van der Waals surface area contributed by atoms with E-state index in [1.165, 1.54) is 6.42 Å². The summed E-state index contributed by atoms with van der Waals surface area (Å²) in [4.78, 5) is 14.4. The van der Waals surface area contributed by atoms with E-state index in [0.717, 1.165) is 31.2 Å². The normalized spacial score (nSPS) is 25.0. The van der Waals surface area contributed by atoms with Gasteiger partial charge in [-0.2, -0.15) is 0 Å². The number of hydrogen-bond acceptors (Lipinski definition) is 3. The third-order valence-electron chi connectivity index (χ3n) is 4.86. The van der Waals surface area contributed by atoms with Gasteiger partial charge in [0.15, 0.2) is 0 Å².